The lowest BCUT2D eigenvalue weighted by molar-refractivity contribution is 0.424. The van der Waals surface area contributed by atoms with Crippen molar-refractivity contribution < 1.29 is 0 Å². The number of nitrogens with zero attached hydrogens (tertiary/aromatic N) is 6. The van der Waals surface area contributed by atoms with Crippen molar-refractivity contribution in [2.75, 3.05) is 29.9 Å². The Hall–Kier alpha value is -2.97. The Balaban J connectivity index is 1.22. The first-order valence-corrected chi connectivity index (χ1v) is 8.94. The summed E-state index contributed by atoms with van der Waals surface area (Å²) in [5.74, 6) is 1.95. The number of aromatic nitrogens is 6. The van der Waals surface area contributed by atoms with Crippen molar-refractivity contribution in [3.05, 3.63) is 33.9 Å². The summed E-state index contributed by atoms with van der Waals surface area (Å²) in [5.41, 5.74) is 2.92. The Bertz CT molecular complexity index is 1030. The zero-order valence-electron chi connectivity index (χ0n) is 14.6. The molecule has 1 aliphatic heterocycles. The van der Waals surface area contributed by atoms with Crippen molar-refractivity contribution in [2.24, 2.45) is 13.0 Å². The largest absolute Gasteiger partial charge is 0.355 e. The molecule has 4 heterocycles. The minimum atomic E-state index is -0.172. The molecule has 0 aromatic carbocycles. The van der Waals surface area contributed by atoms with Crippen LogP contribution < -0.4 is 15.8 Å². The van der Waals surface area contributed by atoms with Gasteiger partial charge in [0.05, 0.1) is 11.9 Å². The van der Waals surface area contributed by atoms with E-state index in [4.69, 9.17) is 0 Å². The number of aryl methyl sites for hydroxylation is 3. The Morgan fingerprint density at radius 3 is 3.08 bits per heavy atom. The van der Waals surface area contributed by atoms with Gasteiger partial charge >= 0.3 is 0 Å². The molecule has 0 radical (unpaired) electrons. The molecule has 3 aromatic heterocycles. The maximum absolute atomic E-state index is 12.1. The van der Waals surface area contributed by atoms with E-state index < -0.39 is 0 Å². The highest BCUT2D eigenvalue weighted by molar-refractivity contribution is 5.74. The topological polar surface area (TPSA) is 105 Å². The normalized spacial score (nSPS) is 16.7. The second kappa shape index (κ2) is 5.79. The SMILES string of the molecule is Cn1ncc2c(=O)[nH]c(NCC3CN(c4cc5c(nn4)CCC5)C3)nc21. The van der Waals surface area contributed by atoms with Gasteiger partial charge < -0.3 is 10.2 Å². The fraction of sp³-hybridized carbons (Fsp3) is 0.471. The molecule has 1 aliphatic carbocycles. The van der Waals surface area contributed by atoms with Gasteiger partial charge in [-0.1, -0.05) is 0 Å². The second-order valence-electron chi connectivity index (χ2n) is 7.10. The summed E-state index contributed by atoms with van der Waals surface area (Å²) in [6.45, 7) is 2.61. The third-order valence-corrected chi connectivity index (χ3v) is 5.25. The van der Waals surface area contributed by atoms with Crippen molar-refractivity contribution in [1.29, 1.82) is 0 Å². The number of aromatic amines is 1. The Labute approximate surface area is 149 Å². The summed E-state index contributed by atoms with van der Waals surface area (Å²) in [7, 11) is 1.78. The fourth-order valence-electron chi connectivity index (χ4n) is 3.71. The van der Waals surface area contributed by atoms with E-state index in [1.54, 1.807) is 11.7 Å². The monoisotopic (exact) mass is 352 g/mol. The molecule has 0 spiro atoms. The number of hydrogen-bond acceptors (Lipinski definition) is 7. The van der Waals surface area contributed by atoms with E-state index in [2.05, 4.69) is 41.5 Å². The van der Waals surface area contributed by atoms with E-state index in [1.165, 1.54) is 18.2 Å². The maximum Gasteiger partial charge on any atom is 0.263 e. The lowest BCUT2D eigenvalue weighted by atomic mass is 10.00. The molecule has 9 nitrogen and oxygen atoms in total. The van der Waals surface area contributed by atoms with Crippen molar-refractivity contribution in [3.8, 4) is 0 Å². The zero-order chi connectivity index (χ0) is 17.7. The van der Waals surface area contributed by atoms with E-state index >= 15 is 0 Å². The molecule has 0 bridgehead atoms. The van der Waals surface area contributed by atoms with Crippen LogP contribution >= 0.6 is 0 Å². The summed E-state index contributed by atoms with van der Waals surface area (Å²) in [4.78, 5) is 21.5. The molecule has 0 atom stereocenters. The van der Waals surface area contributed by atoms with Gasteiger partial charge in [0.1, 0.15) is 5.39 Å². The molecule has 134 valence electrons. The summed E-state index contributed by atoms with van der Waals surface area (Å²) in [6, 6.07) is 2.19. The Morgan fingerprint density at radius 1 is 1.31 bits per heavy atom. The van der Waals surface area contributed by atoms with Crippen LogP contribution in [0.5, 0.6) is 0 Å². The van der Waals surface area contributed by atoms with Crippen LogP contribution in [0.3, 0.4) is 0 Å². The van der Waals surface area contributed by atoms with Crippen LogP contribution in [-0.4, -0.2) is 49.6 Å². The first-order valence-electron chi connectivity index (χ1n) is 8.94. The highest BCUT2D eigenvalue weighted by atomic mass is 16.1. The molecule has 2 N–H and O–H groups in total. The van der Waals surface area contributed by atoms with Gasteiger partial charge in [0.25, 0.3) is 5.56 Å². The van der Waals surface area contributed by atoms with Gasteiger partial charge in [0, 0.05) is 32.6 Å². The molecule has 5 rings (SSSR count). The number of anilines is 2. The van der Waals surface area contributed by atoms with Crippen LogP contribution in [0.1, 0.15) is 17.7 Å². The van der Waals surface area contributed by atoms with E-state index in [0.717, 1.165) is 44.0 Å². The van der Waals surface area contributed by atoms with Crippen molar-refractivity contribution >= 4 is 22.8 Å². The van der Waals surface area contributed by atoms with Crippen molar-refractivity contribution in [2.45, 2.75) is 19.3 Å². The highest BCUT2D eigenvalue weighted by Gasteiger charge is 2.29. The van der Waals surface area contributed by atoms with Crippen molar-refractivity contribution in [3.63, 3.8) is 0 Å². The van der Waals surface area contributed by atoms with Gasteiger partial charge in [-0.15, -0.1) is 5.10 Å². The Morgan fingerprint density at radius 2 is 2.19 bits per heavy atom. The molecule has 9 heteroatoms. The van der Waals surface area contributed by atoms with E-state index in [9.17, 15) is 4.79 Å². The molecule has 26 heavy (non-hydrogen) atoms. The minimum absolute atomic E-state index is 0.172. The van der Waals surface area contributed by atoms with Crippen LogP contribution in [0.4, 0.5) is 11.8 Å². The summed E-state index contributed by atoms with van der Waals surface area (Å²) >= 11 is 0. The predicted octanol–water partition coefficient (Wildman–Crippen LogP) is 0.484. The van der Waals surface area contributed by atoms with E-state index in [-0.39, 0.29) is 5.56 Å². The molecule has 0 amide bonds. The second-order valence-corrected chi connectivity index (χ2v) is 7.10. The molecular weight excluding hydrogens is 332 g/mol. The third kappa shape index (κ3) is 2.51. The van der Waals surface area contributed by atoms with Gasteiger partial charge in [-0.2, -0.15) is 15.2 Å². The number of rotatable bonds is 4. The Kier molecular flexibility index (Phi) is 3.41. The fourth-order valence-corrected chi connectivity index (χ4v) is 3.71. The van der Waals surface area contributed by atoms with Crippen LogP contribution in [0.2, 0.25) is 0 Å². The predicted molar refractivity (Wildman–Crippen MR) is 97.4 cm³/mol. The average molecular weight is 352 g/mol. The van der Waals surface area contributed by atoms with Crippen LogP contribution in [-0.2, 0) is 19.9 Å². The molecule has 0 saturated carbocycles. The van der Waals surface area contributed by atoms with Crippen molar-refractivity contribution in [1.82, 2.24) is 29.9 Å². The summed E-state index contributed by atoms with van der Waals surface area (Å²) < 4.78 is 1.60. The lowest BCUT2D eigenvalue weighted by Crippen LogP contribution is -2.50. The number of hydrogen-bond donors (Lipinski definition) is 2. The van der Waals surface area contributed by atoms with Gasteiger partial charge in [-0.25, -0.2) is 0 Å². The van der Waals surface area contributed by atoms with Crippen LogP contribution in [0.25, 0.3) is 11.0 Å². The zero-order valence-corrected chi connectivity index (χ0v) is 14.6. The third-order valence-electron chi connectivity index (χ3n) is 5.25. The molecular formula is C17H20N8O. The summed E-state index contributed by atoms with van der Waals surface area (Å²) in [5, 5.41) is 16.5. The number of fused-ring (bicyclic) bond motifs is 2. The minimum Gasteiger partial charge on any atom is -0.355 e. The molecule has 0 unspecified atom stereocenters. The molecule has 1 fully saturated rings. The van der Waals surface area contributed by atoms with Gasteiger partial charge in [0.15, 0.2) is 11.5 Å². The highest BCUT2D eigenvalue weighted by Crippen LogP contribution is 2.27. The first-order chi connectivity index (χ1) is 12.7. The maximum atomic E-state index is 12.1. The average Bonchev–Trinajstić information content (AvgIpc) is 3.20. The van der Waals surface area contributed by atoms with Gasteiger partial charge in [-0.05, 0) is 30.9 Å². The standard InChI is InChI=1S/C17H20N8O/c1-24-15-12(7-19-24)16(26)21-17(20-15)18-6-10-8-25(9-10)14-5-11-3-2-4-13(11)22-23-14/h5,7,10H,2-4,6,8-9H2,1H3,(H2,18,20,21,26). The smallest absolute Gasteiger partial charge is 0.263 e. The quantitative estimate of drug-likeness (QED) is 0.704. The first kappa shape index (κ1) is 15.3. The van der Waals surface area contributed by atoms with Crippen LogP contribution in [0.15, 0.2) is 17.1 Å². The van der Waals surface area contributed by atoms with E-state index in [1.807, 2.05) is 0 Å². The number of H-pyrrole nitrogens is 1. The van der Waals surface area contributed by atoms with Crippen LogP contribution in [0, 0.1) is 5.92 Å². The van der Waals surface area contributed by atoms with Gasteiger partial charge in [-0.3, -0.25) is 14.5 Å². The molecule has 1 saturated heterocycles. The van der Waals surface area contributed by atoms with E-state index in [0.29, 0.717) is 22.9 Å². The number of nitrogens with one attached hydrogen (secondary N) is 2. The summed E-state index contributed by atoms with van der Waals surface area (Å²) in [6.07, 6.45) is 4.90. The molecule has 2 aliphatic rings. The van der Waals surface area contributed by atoms with Gasteiger partial charge in [0.2, 0.25) is 5.95 Å². The lowest BCUT2D eigenvalue weighted by Gasteiger charge is -2.40. The molecule has 3 aromatic rings.